The van der Waals surface area contributed by atoms with Crippen LogP contribution in [0.15, 0.2) is 58.3 Å². The number of hydrogen-bond donors (Lipinski definition) is 2. The molecule has 7 nitrogen and oxygen atoms in total. The second kappa shape index (κ2) is 53.7. The summed E-state index contributed by atoms with van der Waals surface area (Å²) < 4.78 is 15.4. The maximum Gasteiger partial charge on any atom is 0.336 e. The van der Waals surface area contributed by atoms with Crippen LogP contribution in [-0.4, -0.2) is 87.7 Å². The van der Waals surface area contributed by atoms with Crippen molar-refractivity contribution in [1.82, 2.24) is 0 Å². The van der Waals surface area contributed by atoms with E-state index >= 15 is 0 Å². The molecule has 0 saturated carbocycles. The van der Waals surface area contributed by atoms with E-state index in [0.717, 1.165) is 0 Å². The molecule has 0 unspecified atom stereocenters. The lowest BCUT2D eigenvalue weighted by Crippen LogP contribution is -2.50. The van der Waals surface area contributed by atoms with E-state index in [2.05, 4.69) is 55.4 Å². The van der Waals surface area contributed by atoms with E-state index in [1.54, 1.807) is 12.1 Å². The maximum atomic E-state index is 12.5. The van der Waals surface area contributed by atoms with Crippen molar-refractivity contribution in [2.45, 2.75) is 322 Å². The number of carbonyl (C=O) groups is 2. The zero-order chi connectivity index (χ0) is 57.6. The molecule has 0 aliphatic carbocycles. The molecule has 0 atom stereocenters. The van der Waals surface area contributed by atoms with E-state index in [1.807, 2.05) is 0 Å². The van der Waals surface area contributed by atoms with Crippen molar-refractivity contribution in [3.63, 3.8) is 0 Å². The first-order valence-electron chi connectivity index (χ1n) is 33.8. The molecule has 0 fully saturated rings. The van der Waals surface area contributed by atoms with Crippen LogP contribution in [0, 0.1) is 0 Å². The van der Waals surface area contributed by atoms with Crippen molar-refractivity contribution in [1.29, 1.82) is 0 Å². The lowest BCUT2D eigenvalue weighted by molar-refractivity contribution is -0.929. The monoisotopic (exact) mass is 1110 g/mol. The molecule has 0 amide bonds. The van der Waals surface area contributed by atoms with Gasteiger partial charge in [-0.05, 0) is 127 Å². The highest BCUT2D eigenvalue weighted by atomic mass is 32.2. The van der Waals surface area contributed by atoms with Crippen LogP contribution in [0.5, 0.6) is 0 Å². The topological polar surface area (TPSA) is 91.7 Å². The minimum absolute atomic E-state index is 0.0775. The first-order valence-corrected chi connectivity index (χ1v) is 34.9. The molecular formula is C70H130N2O5S+2. The molecule has 454 valence electrons. The summed E-state index contributed by atoms with van der Waals surface area (Å²) in [6.07, 6.45) is 57.6. The number of rotatable bonds is 52. The summed E-state index contributed by atoms with van der Waals surface area (Å²) in [5, 5.41) is 18.2. The molecule has 0 aliphatic rings. The van der Waals surface area contributed by atoms with Crippen LogP contribution in [0.25, 0.3) is 0 Å². The van der Waals surface area contributed by atoms with Crippen molar-refractivity contribution in [3.8, 4) is 0 Å². The van der Waals surface area contributed by atoms with Gasteiger partial charge < -0.3 is 19.2 Å². The summed E-state index contributed by atoms with van der Waals surface area (Å²) in [7, 11) is -1.87. The molecule has 8 heteroatoms. The Kier molecular flexibility index (Phi) is 52.0. The fourth-order valence-corrected chi connectivity index (χ4v) is 12.8. The van der Waals surface area contributed by atoms with Gasteiger partial charge in [0.2, 0.25) is 0 Å². The van der Waals surface area contributed by atoms with Crippen LogP contribution in [0.3, 0.4) is 0 Å². The minimum Gasteiger partial charge on any atom is -0.478 e. The Morgan fingerprint density at radius 2 is 0.462 bits per heavy atom. The number of nitrogens with zero attached hydrogens (tertiary/aromatic N) is 2. The van der Waals surface area contributed by atoms with Gasteiger partial charge in [-0.25, -0.2) is 13.8 Å². The zero-order valence-corrected chi connectivity index (χ0v) is 53.8. The molecule has 2 N–H and O–H groups in total. The number of aromatic carboxylic acids is 2. The molecular weight excluding hydrogens is 981 g/mol. The van der Waals surface area contributed by atoms with E-state index in [0.29, 0.717) is 0 Å². The molecule has 0 radical (unpaired) electrons. The van der Waals surface area contributed by atoms with E-state index in [-0.39, 0.29) is 20.9 Å². The standard InChI is InChI=1S/2C28H60N.C14H10O5S/c2*1-5-9-13-17-21-25-29(26-22-18-14-10-6-2,27-23-19-15-11-7-3)28-24-20-16-12-8-4;15-13(16)9-5-1-3-7-11(9)20(19)12-8-4-2-6-10(12)14(17)18/h2*5-28H2,1-4H3;1-8H,(H,15,16)(H,17,18)/q2*+1;. The number of quaternary nitrogens is 2. The van der Waals surface area contributed by atoms with Crippen molar-refractivity contribution in [3.05, 3.63) is 59.7 Å². The van der Waals surface area contributed by atoms with E-state index in [1.165, 1.54) is 355 Å². The van der Waals surface area contributed by atoms with Crippen molar-refractivity contribution in [2.75, 3.05) is 52.4 Å². The summed E-state index contributed by atoms with van der Waals surface area (Å²) in [5.41, 5.74) is -0.211. The van der Waals surface area contributed by atoms with Crippen molar-refractivity contribution >= 4 is 22.7 Å². The number of carboxylic acid groups (broad SMARTS) is 2. The van der Waals surface area contributed by atoms with E-state index in [9.17, 15) is 13.8 Å². The minimum atomic E-state index is -1.87. The van der Waals surface area contributed by atoms with Crippen LogP contribution >= 0.6 is 0 Å². The highest BCUT2D eigenvalue weighted by Gasteiger charge is 2.27. The highest BCUT2D eigenvalue weighted by molar-refractivity contribution is 7.85. The quantitative estimate of drug-likeness (QED) is 0.0509. The van der Waals surface area contributed by atoms with Crippen molar-refractivity contribution < 1.29 is 33.0 Å². The first-order chi connectivity index (χ1) is 38.0. The van der Waals surface area contributed by atoms with Gasteiger partial charge in [-0.15, -0.1) is 0 Å². The van der Waals surface area contributed by atoms with E-state index < -0.39 is 22.7 Å². The predicted octanol–water partition coefficient (Wildman–Crippen LogP) is 21.6. The third-order valence-corrected chi connectivity index (χ3v) is 18.0. The lowest BCUT2D eigenvalue weighted by Gasteiger charge is -2.40. The molecule has 2 aromatic carbocycles. The number of benzene rings is 2. The Morgan fingerprint density at radius 3 is 0.628 bits per heavy atom. The second-order valence-corrected chi connectivity index (χ2v) is 25.1. The van der Waals surface area contributed by atoms with Crippen molar-refractivity contribution in [2.24, 2.45) is 0 Å². The molecule has 78 heavy (non-hydrogen) atoms. The third kappa shape index (κ3) is 39.0. The molecule has 0 aliphatic heterocycles. The number of carboxylic acids is 2. The fourth-order valence-electron chi connectivity index (χ4n) is 11.5. The van der Waals surface area contributed by atoms with Crippen LogP contribution < -0.4 is 0 Å². The van der Waals surface area contributed by atoms with Gasteiger partial charge in [-0.3, -0.25) is 0 Å². The Labute approximate surface area is 487 Å². The van der Waals surface area contributed by atoms with Crippen LogP contribution in [0.4, 0.5) is 0 Å². The number of hydrogen-bond acceptors (Lipinski definition) is 3. The first kappa shape index (κ1) is 75.5. The Balaban J connectivity index is 0.00000116. The molecule has 0 heterocycles. The lowest BCUT2D eigenvalue weighted by atomic mass is 10.1. The molecule has 0 spiro atoms. The average Bonchev–Trinajstić information content (AvgIpc) is 3.44. The van der Waals surface area contributed by atoms with Crippen LogP contribution in [0.1, 0.15) is 333 Å². The van der Waals surface area contributed by atoms with Gasteiger partial charge >= 0.3 is 11.9 Å². The molecule has 0 aromatic heterocycles. The third-order valence-electron chi connectivity index (χ3n) is 16.5. The Bertz CT molecular complexity index is 1440. The summed E-state index contributed by atoms with van der Waals surface area (Å²) >= 11 is 0. The molecule has 2 rings (SSSR count). The summed E-state index contributed by atoms with van der Waals surface area (Å²) in [4.78, 5) is 22.4. The smallest absolute Gasteiger partial charge is 0.336 e. The van der Waals surface area contributed by atoms with E-state index in [4.69, 9.17) is 10.2 Å². The number of unbranched alkanes of at least 4 members (excludes halogenated alkanes) is 32. The Morgan fingerprint density at radius 1 is 0.295 bits per heavy atom. The summed E-state index contributed by atoms with van der Waals surface area (Å²) in [6, 6.07) is 11.7. The maximum absolute atomic E-state index is 12.5. The van der Waals surface area contributed by atoms with Gasteiger partial charge in [0, 0.05) is 0 Å². The highest BCUT2D eigenvalue weighted by Crippen LogP contribution is 2.25. The van der Waals surface area contributed by atoms with Gasteiger partial charge in [0.25, 0.3) is 0 Å². The average molecular weight is 1110 g/mol. The summed E-state index contributed by atoms with van der Waals surface area (Å²) in [5.74, 6) is -2.41. The van der Waals surface area contributed by atoms with Gasteiger partial charge in [-0.2, -0.15) is 0 Å². The van der Waals surface area contributed by atoms with Gasteiger partial charge in [-0.1, -0.05) is 234 Å². The Hall–Kier alpha value is -2.55. The molecule has 0 bridgehead atoms. The fraction of sp³-hybridized carbons (Fsp3) is 0.800. The normalized spacial score (nSPS) is 11.6. The van der Waals surface area contributed by atoms with Gasteiger partial charge in [0.15, 0.2) is 0 Å². The predicted molar refractivity (Wildman–Crippen MR) is 341 cm³/mol. The van der Waals surface area contributed by atoms with Crippen LogP contribution in [0.2, 0.25) is 0 Å². The second-order valence-electron chi connectivity index (χ2n) is 23.7. The SMILES string of the molecule is CCCCCCC[N+](CCCCCCC)(CCCCCCC)CCCCCCC.CCCCCCC[N+](CCCCCCC)(CCCCCCC)CCCCCCC.O=C(O)c1ccccc1S(=O)c1ccccc1C(=O)O. The largest absolute Gasteiger partial charge is 0.478 e. The van der Waals surface area contributed by atoms with Gasteiger partial charge in [0.05, 0.1) is 84.1 Å². The molecule has 0 saturated heterocycles. The summed E-state index contributed by atoms with van der Waals surface area (Å²) in [6.45, 7) is 30.5. The molecule has 2 aromatic rings. The van der Waals surface area contributed by atoms with Gasteiger partial charge in [0.1, 0.15) is 0 Å². The zero-order valence-electron chi connectivity index (χ0n) is 53.0. The van der Waals surface area contributed by atoms with Crippen LogP contribution in [-0.2, 0) is 10.8 Å².